The molecule has 340 valence electrons. The van der Waals surface area contributed by atoms with Crippen LogP contribution in [0.5, 0.6) is 0 Å². The van der Waals surface area contributed by atoms with Gasteiger partial charge in [-0.2, -0.15) is 5.26 Å². The molecule has 1 amide bonds. The maximum absolute atomic E-state index is 13.1. The molecule has 9 rings (SSSR count). The van der Waals surface area contributed by atoms with Gasteiger partial charge in [-0.15, -0.1) is 0 Å². The molecule has 15 nitrogen and oxygen atoms in total. The normalized spacial score (nSPS) is 18.4. The third-order valence-corrected chi connectivity index (χ3v) is 14.4. The maximum atomic E-state index is 13.1. The van der Waals surface area contributed by atoms with E-state index in [4.69, 9.17) is 0 Å². The van der Waals surface area contributed by atoms with Gasteiger partial charge in [0, 0.05) is 115 Å². The number of aryl methyl sites for hydroxylation is 1. The molecule has 3 saturated heterocycles. The Bertz CT molecular complexity index is 3220. The van der Waals surface area contributed by atoms with Gasteiger partial charge < -0.3 is 30.4 Å². The van der Waals surface area contributed by atoms with Crippen molar-refractivity contribution in [3.05, 3.63) is 104 Å². The summed E-state index contributed by atoms with van der Waals surface area (Å²) in [6, 6.07) is 17.2. The van der Waals surface area contributed by atoms with E-state index in [0.29, 0.717) is 46.7 Å². The summed E-state index contributed by atoms with van der Waals surface area (Å²) in [5, 5.41) is 20.5. The summed E-state index contributed by atoms with van der Waals surface area (Å²) in [4.78, 5) is 84.5. The molecule has 15 heteroatoms. The monoisotopic (exact) mass is 897 g/mol. The zero-order chi connectivity index (χ0) is 47.0. The largest absolute Gasteiger partial charge is 0.383 e. The van der Waals surface area contributed by atoms with Crippen molar-refractivity contribution < 1.29 is 28.8 Å². The van der Waals surface area contributed by atoms with E-state index < -0.39 is 11.5 Å². The fourth-order valence-corrected chi connectivity index (χ4v) is 10.9. The molecule has 2 aromatic heterocycles. The van der Waals surface area contributed by atoms with Crippen LogP contribution in [-0.4, -0.2) is 120 Å². The van der Waals surface area contributed by atoms with Crippen LogP contribution in [0.25, 0.3) is 27.2 Å². The number of fused-ring (bicyclic) bond motifs is 5. The minimum atomic E-state index is -0.761. The predicted octanol–water partition coefficient (Wildman–Crippen LogP) is 2.64. The number of benzene rings is 3. The fraction of sp³-hybridized carbons (Fsp3) is 0.385. The molecule has 3 fully saturated rings. The van der Waals surface area contributed by atoms with Gasteiger partial charge in [0.05, 0.1) is 29.8 Å². The highest BCUT2D eigenvalue weighted by molar-refractivity contribution is 6.10. The number of hydrogen-bond acceptors (Lipinski definition) is 12. The van der Waals surface area contributed by atoms with Crippen molar-refractivity contribution in [2.45, 2.75) is 70.4 Å². The minimum absolute atomic E-state index is 0.00863. The van der Waals surface area contributed by atoms with E-state index in [2.05, 4.69) is 80.5 Å². The minimum Gasteiger partial charge on any atom is -0.383 e. The number of nitriles is 1. The lowest BCUT2D eigenvalue weighted by Gasteiger charge is -2.44. The molecule has 0 spiro atoms. The molecule has 3 aliphatic heterocycles. The summed E-state index contributed by atoms with van der Waals surface area (Å²) < 4.78 is 1.42. The van der Waals surface area contributed by atoms with Crippen molar-refractivity contribution in [2.75, 3.05) is 69.1 Å². The van der Waals surface area contributed by atoms with Crippen LogP contribution in [0.15, 0.2) is 59.9 Å². The average molecular weight is 898 g/mol. The van der Waals surface area contributed by atoms with E-state index in [1.165, 1.54) is 15.8 Å². The SMILES string of the molecule is CCc1cc2c(cc1N1CCC(N3CCN(CC(=O)NCCNc4cccc5c(=C=O)n(C6CCC(=C=O)NC6=C=O)c(=C=O)c45)CC3)CC1)C(C)(C)c1[nH]c3cc(C#N)ccc3c1C2=C=O. The number of aromatic nitrogens is 2. The smallest absolute Gasteiger partial charge is 0.234 e. The first-order valence-electron chi connectivity index (χ1n) is 23.0. The molecule has 0 radical (unpaired) electrons. The fourth-order valence-electron chi connectivity index (χ4n) is 10.9. The number of piperazine rings is 1. The molecular formula is C52H51N9O6. The number of anilines is 2. The standard InChI is InChI=1S/C52H51N9O6/c1-4-33-23-38-39(28-63)49-36-10-8-32(25-53)22-42(36)57-51(49)52(2,3)40(38)24-45(33)60-16-12-35(13-17-60)59-20-18-58(19-21-59)26-48(67)55-15-14-54-41-7-5-6-37-46(30-65)61(47(31-66)50(37)41)44-11-9-34(27-62)56-43(44)29-64/h5-8,10,22-24,35,44,54,56-57H,4,9,11-21,26H2,1-3H3,(H,55,67). The maximum Gasteiger partial charge on any atom is 0.234 e. The van der Waals surface area contributed by atoms with E-state index in [-0.39, 0.29) is 47.4 Å². The van der Waals surface area contributed by atoms with Crippen LogP contribution in [0, 0.1) is 11.3 Å². The van der Waals surface area contributed by atoms with Crippen LogP contribution in [0.2, 0.25) is 0 Å². The van der Waals surface area contributed by atoms with Gasteiger partial charge in [-0.1, -0.05) is 39.0 Å². The highest BCUT2D eigenvalue weighted by atomic mass is 16.2. The number of nitrogens with zero attached hydrogens (tertiary/aromatic N) is 5. The zero-order valence-corrected chi connectivity index (χ0v) is 37.9. The summed E-state index contributed by atoms with van der Waals surface area (Å²) in [7, 11) is 0. The second kappa shape index (κ2) is 18.4. The van der Waals surface area contributed by atoms with Crippen molar-refractivity contribution in [2.24, 2.45) is 0 Å². The Hall–Kier alpha value is -7.47. The molecule has 5 heterocycles. The van der Waals surface area contributed by atoms with Crippen molar-refractivity contribution in [3.63, 3.8) is 0 Å². The molecule has 3 aromatic carbocycles. The lowest BCUT2D eigenvalue weighted by atomic mass is 9.69. The molecule has 4 aliphatic rings. The van der Waals surface area contributed by atoms with Gasteiger partial charge >= 0.3 is 0 Å². The summed E-state index contributed by atoms with van der Waals surface area (Å²) in [6.45, 7) is 12.7. The highest BCUT2D eigenvalue weighted by Gasteiger charge is 2.40. The van der Waals surface area contributed by atoms with Crippen molar-refractivity contribution in [1.82, 2.24) is 30.0 Å². The first-order chi connectivity index (χ1) is 32.6. The Morgan fingerprint density at radius 1 is 0.851 bits per heavy atom. The summed E-state index contributed by atoms with van der Waals surface area (Å²) in [5.74, 6) is 9.67. The number of nitrogens with one attached hydrogen (secondary N) is 4. The summed E-state index contributed by atoms with van der Waals surface area (Å²) >= 11 is 0. The third kappa shape index (κ3) is 7.94. The molecule has 5 aromatic rings. The van der Waals surface area contributed by atoms with Gasteiger partial charge in [-0.25, -0.2) is 24.0 Å². The highest BCUT2D eigenvalue weighted by Crippen LogP contribution is 2.50. The quantitative estimate of drug-likeness (QED) is 0.119. The van der Waals surface area contributed by atoms with Crippen LogP contribution in [0.3, 0.4) is 0 Å². The number of piperidine rings is 2. The third-order valence-electron chi connectivity index (χ3n) is 14.4. The number of carbonyl (C=O) groups is 1. The van der Waals surface area contributed by atoms with E-state index in [1.54, 1.807) is 36.1 Å². The van der Waals surface area contributed by atoms with Gasteiger partial charge in [-0.05, 0) is 72.7 Å². The van der Waals surface area contributed by atoms with E-state index >= 15 is 0 Å². The first kappa shape index (κ1) is 44.7. The van der Waals surface area contributed by atoms with E-state index in [9.17, 15) is 34.0 Å². The molecule has 0 bridgehead atoms. The lowest BCUT2D eigenvalue weighted by molar-refractivity contribution is -0.122. The second-order valence-electron chi connectivity index (χ2n) is 18.3. The summed E-state index contributed by atoms with van der Waals surface area (Å²) in [6.07, 6.45) is 3.40. The Labute approximate surface area is 386 Å². The molecule has 67 heavy (non-hydrogen) atoms. The molecule has 4 N–H and O–H groups in total. The topological polar surface area (TPSA) is 193 Å². The van der Waals surface area contributed by atoms with Gasteiger partial charge in [0.2, 0.25) is 5.91 Å². The molecule has 1 aliphatic carbocycles. The van der Waals surface area contributed by atoms with Gasteiger partial charge in [0.1, 0.15) is 39.9 Å². The van der Waals surface area contributed by atoms with Crippen LogP contribution in [0.4, 0.5) is 11.4 Å². The number of aromatic amines is 1. The number of H-pyrrole nitrogens is 1. The second-order valence-corrected chi connectivity index (χ2v) is 18.3. The Balaban J connectivity index is 0.783. The number of carbonyl (C=O) groups excluding carboxylic acids is 6. The zero-order valence-electron chi connectivity index (χ0n) is 37.9. The van der Waals surface area contributed by atoms with Crippen molar-refractivity contribution in [3.8, 4) is 6.07 Å². The summed E-state index contributed by atoms with van der Waals surface area (Å²) in [5.41, 5.74) is 8.59. The van der Waals surface area contributed by atoms with Gasteiger partial charge in [0.15, 0.2) is 11.9 Å². The number of rotatable bonds is 10. The van der Waals surface area contributed by atoms with E-state index in [1.807, 2.05) is 24.0 Å². The molecular weight excluding hydrogens is 847 g/mol. The Morgan fingerprint density at radius 2 is 1.63 bits per heavy atom. The van der Waals surface area contributed by atoms with Gasteiger partial charge in [0.25, 0.3) is 0 Å². The number of amides is 1. The van der Waals surface area contributed by atoms with Crippen molar-refractivity contribution >= 4 is 74.2 Å². The molecule has 1 atom stereocenters. The first-order valence-corrected chi connectivity index (χ1v) is 23.0. The molecule has 1 unspecified atom stereocenters. The van der Waals surface area contributed by atoms with Crippen LogP contribution in [-0.2, 0) is 40.6 Å². The number of hydrogen-bond donors (Lipinski definition) is 4. The Kier molecular flexibility index (Phi) is 12.3. The molecule has 0 saturated carbocycles. The predicted molar refractivity (Wildman–Crippen MR) is 255 cm³/mol. The average Bonchev–Trinajstić information content (AvgIpc) is 3.91. The van der Waals surface area contributed by atoms with Crippen molar-refractivity contribution in [1.29, 1.82) is 5.26 Å². The lowest BCUT2D eigenvalue weighted by Crippen LogP contribution is -2.54. The van der Waals surface area contributed by atoms with Crippen LogP contribution < -0.4 is 31.5 Å². The number of allylic oxidation sites excluding steroid dienone is 2. The van der Waals surface area contributed by atoms with Crippen LogP contribution >= 0.6 is 0 Å². The van der Waals surface area contributed by atoms with E-state index in [0.717, 1.165) is 91.8 Å². The van der Waals surface area contributed by atoms with Gasteiger partial charge in [-0.3, -0.25) is 14.6 Å². The Morgan fingerprint density at radius 3 is 2.31 bits per heavy atom. The van der Waals surface area contributed by atoms with Crippen LogP contribution in [0.1, 0.15) is 86.0 Å².